The third-order valence-electron chi connectivity index (χ3n) is 2.42. The van der Waals surface area contributed by atoms with Gasteiger partial charge in [-0.15, -0.1) is 0 Å². The fourth-order valence-electron chi connectivity index (χ4n) is 1.52. The van der Waals surface area contributed by atoms with Gasteiger partial charge in [-0.05, 0) is 24.8 Å². The number of nitrogens with zero attached hydrogens (tertiary/aromatic N) is 1. The third-order valence-corrected chi connectivity index (χ3v) is 2.42. The Bertz CT molecular complexity index is 195. The number of hydrogen-bond donors (Lipinski definition) is 1. The molecule has 1 amide bonds. The highest BCUT2D eigenvalue weighted by molar-refractivity contribution is 5.67. The maximum atomic E-state index is 11.5. The van der Waals surface area contributed by atoms with E-state index in [-0.39, 0.29) is 6.09 Å². The average molecular weight is 200 g/mol. The summed E-state index contributed by atoms with van der Waals surface area (Å²) >= 11 is 0. The van der Waals surface area contributed by atoms with Crippen LogP contribution >= 0.6 is 0 Å². The van der Waals surface area contributed by atoms with E-state index in [9.17, 15) is 4.79 Å². The third kappa shape index (κ3) is 3.18. The quantitative estimate of drug-likeness (QED) is 0.741. The molecule has 0 aromatic rings. The van der Waals surface area contributed by atoms with Crippen molar-refractivity contribution in [3.63, 3.8) is 0 Å². The van der Waals surface area contributed by atoms with Crippen molar-refractivity contribution in [3.8, 4) is 0 Å². The van der Waals surface area contributed by atoms with Crippen molar-refractivity contribution in [2.45, 2.75) is 20.3 Å². The van der Waals surface area contributed by atoms with E-state index in [1.807, 2.05) is 13.8 Å². The van der Waals surface area contributed by atoms with Crippen LogP contribution in [0, 0.1) is 11.8 Å². The second kappa shape index (κ2) is 5.20. The lowest BCUT2D eigenvalue weighted by molar-refractivity contribution is 0.0985. The molecule has 1 rings (SSSR count). The van der Waals surface area contributed by atoms with Crippen LogP contribution in [0.3, 0.4) is 0 Å². The lowest BCUT2D eigenvalue weighted by atomic mass is 10.1. The van der Waals surface area contributed by atoms with E-state index in [0.29, 0.717) is 25.0 Å². The molecule has 1 saturated heterocycles. The molecule has 2 N–H and O–H groups in total. The molecule has 0 spiro atoms. The molecule has 4 heteroatoms. The molecular formula is C10H20N2O2. The number of hydrogen-bond acceptors (Lipinski definition) is 3. The highest BCUT2D eigenvalue weighted by atomic mass is 16.6. The van der Waals surface area contributed by atoms with Crippen LogP contribution < -0.4 is 5.73 Å². The SMILES string of the molecule is CC(C)COC(=O)N1CCC(CN)C1. The minimum Gasteiger partial charge on any atom is -0.449 e. The standard InChI is InChI=1S/C10H20N2O2/c1-8(2)7-14-10(13)12-4-3-9(5-11)6-12/h8-9H,3-7,11H2,1-2H3. The zero-order valence-electron chi connectivity index (χ0n) is 9.03. The molecule has 1 fully saturated rings. The molecule has 4 nitrogen and oxygen atoms in total. The molecule has 82 valence electrons. The predicted octanol–water partition coefficient (Wildman–Crippen LogP) is 1.06. The summed E-state index contributed by atoms with van der Waals surface area (Å²) in [6.45, 7) is 6.77. The number of carbonyl (C=O) groups is 1. The maximum Gasteiger partial charge on any atom is 0.409 e. The normalized spacial score (nSPS) is 21.7. The van der Waals surface area contributed by atoms with Gasteiger partial charge in [-0.3, -0.25) is 0 Å². The van der Waals surface area contributed by atoms with E-state index in [4.69, 9.17) is 10.5 Å². The van der Waals surface area contributed by atoms with Gasteiger partial charge in [0.25, 0.3) is 0 Å². The number of carbonyl (C=O) groups excluding carboxylic acids is 1. The van der Waals surface area contributed by atoms with Crippen LogP contribution in [-0.4, -0.2) is 37.2 Å². The second-order valence-corrected chi connectivity index (χ2v) is 4.31. The van der Waals surface area contributed by atoms with Crippen molar-refractivity contribution in [2.75, 3.05) is 26.2 Å². The van der Waals surface area contributed by atoms with Crippen LogP contribution in [0.4, 0.5) is 4.79 Å². The minimum atomic E-state index is -0.186. The summed E-state index contributed by atoms with van der Waals surface area (Å²) < 4.78 is 5.13. The minimum absolute atomic E-state index is 0.186. The molecule has 0 bridgehead atoms. The van der Waals surface area contributed by atoms with Crippen LogP contribution in [0.15, 0.2) is 0 Å². The monoisotopic (exact) mass is 200 g/mol. The van der Waals surface area contributed by atoms with Crippen LogP contribution in [-0.2, 0) is 4.74 Å². The summed E-state index contributed by atoms with van der Waals surface area (Å²) in [5.74, 6) is 0.855. The van der Waals surface area contributed by atoms with Gasteiger partial charge in [0.2, 0.25) is 0 Å². The fraction of sp³-hybridized carbons (Fsp3) is 0.900. The van der Waals surface area contributed by atoms with Crippen molar-refractivity contribution in [1.82, 2.24) is 4.90 Å². The van der Waals surface area contributed by atoms with Crippen LogP contribution in [0.5, 0.6) is 0 Å². The Morgan fingerprint density at radius 1 is 1.64 bits per heavy atom. The van der Waals surface area contributed by atoms with Crippen LogP contribution in [0.1, 0.15) is 20.3 Å². The molecule has 0 aliphatic carbocycles. The van der Waals surface area contributed by atoms with Gasteiger partial charge in [0, 0.05) is 13.1 Å². The Kier molecular flexibility index (Phi) is 4.20. The first kappa shape index (κ1) is 11.3. The second-order valence-electron chi connectivity index (χ2n) is 4.31. The first-order valence-electron chi connectivity index (χ1n) is 5.25. The Labute approximate surface area is 85.4 Å². The zero-order chi connectivity index (χ0) is 10.6. The van der Waals surface area contributed by atoms with Gasteiger partial charge in [-0.2, -0.15) is 0 Å². The summed E-state index contributed by atoms with van der Waals surface area (Å²) in [5.41, 5.74) is 5.54. The molecule has 0 radical (unpaired) electrons. The molecule has 0 aromatic heterocycles. The maximum absolute atomic E-state index is 11.5. The first-order chi connectivity index (χ1) is 6.63. The number of ether oxygens (including phenoxy) is 1. The van der Waals surface area contributed by atoms with E-state index in [0.717, 1.165) is 19.5 Å². The van der Waals surface area contributed by atoms with Crippen molar-refractivity contribution < 1.29 is 9.53 Å². The topological polar surface area (TPSA) is 55.6 Å². The number of amides is 1. The average Bonchev–Trinajstić information content (AvgIpc) is 2.62. The Hall–Kier alpha value is -0.770. The van der Waals surface area contributed by atoms with Crippen LogP contribution in [0.2, 0.25) is 0 Å². The number of rotatable bonds is 3. The molecule has 14 heavy (non-hydrogen) atoms. The van der Waals surface area contributed by atoms with Crippen molar-refractivity contribution >= 4 is 6.09 Å². The summed E-state index contributed by atoms with van der Waals surface area (Å²) in [6, 6.07) is 0. The Morgan fingerprint density at radius 2 is 2.36 bits per heavy atom. The highest BCUT2D eigenvalue weighted by Gasteiger charge is 2.26. The molecule has 0 saturated carbocycles. The number of likely N-dealkylation sites (tertiary alicyclic amines) is 1. The smallest absolute Gasteiger partial charge is 0.409 e. The lowest BCUT2D eigenvalue weighted by Gasteiger charge is -2.16. The van der Waals surface area contributed by atoms with Crippen molar-refractivity contribution in [1.29, 1.82) is 0 Å². The van der Waals surface area contributed by atoms with E-state index >= 15 is 0 Å². The lowest BCUT2D eigenvalue weighted by Crippen LogP contribution is -2.31. The molecule has 1 atom stereocenters. The molecule has 1 aliphatic heterocycles. The molecular weight excluding hydrogens is 180 g/mol. The Morgan fingerprint density at radius 3 is 2.86 bits per heavy atom. The van der Waals surface area contributed by atoms with E-state index in [2.05, 4.69) is 0 Å². The van der Waals surface area contributed by atoms with Gasteiger partial charge >= 0.3 is 6.09 Å². The fourth-order valence-corrected chi connectivity index (χ4v) is 1.52. The first-order valence-corrected chi connectivity index (χ1v) is 5.25. The van der Waals surface area contributed by atoms with Crippen molar-refractivity contribution in [2.24, 2.45) is 17.6 Å². The predicted molar refractivity (Wildman–Crippen MR) is 54.9 cm³/mol. The van der Waals surface area contributed by atoms with Gasteiger partial charge in [0.15, 0.2) is 0 Å². The molecule has 0 aromatic carbocycles. The van der Waals surface area contributed by atoms with Gasteiger partial charge in [0.05, 0.1) is 6.61 Å². The molecule has 1 unspecified atom stereocenters. The summed E-state index contributed by atoms with van der Waals surface area (Å²) in [4.78, 5) is 13.2. The largest absolute Gasteiger partial charge is 0.449 e. The zero-order valence-corrected chi connectivity index (χ0v) is 9.03. The number of nitrogens with two attached hydrogens (primary N) is 1. The van der Waals surface area contributed by atoms with Crippen molar-refractivity contribution in [3.05, 3.63) is 0 Å². The van der Waals surface area contributed by atoms with E-state index in [1.165, 1.54) is 0 Å². The summed E-state index contributed by atoms with van der Waals surface area (Å²) in [6.07, 6.45) is 0.822. The molecule has 1 aliphatic rings. The highest BCUT2D eigenvalue weighted by Crippen LogP contribution is 2.15. The summed E-state index contributed by atoms with van der Waals surface area (Å²) in [5, 5.41) is 0. The van der Waals surface area contributed by atoms with Gasteiger partial charge in [-0.1, -0.05) is 13.8 Å². The van der Waals surface area contributed by atoms with Gasteiger partial charge in [0.1, 0.15) is 0 Å². The van der Waals surface area contributed by atoms with E-state index < -0.39 is 0 Å². The van der Waals surface area contributed by atoms with Gasteiger partial charge < -0.3 is 15.4 Å². The van der Waals surface area contributed by atoms with Crippen LogP contribution in [0.25, 0.3) is 0 Å². The van der Waals surface area contributed by atoms with E-state index in [1.54, 1.807) is 4.90 Å². The molecule has 1 heterocycles. The Balaban J connectivity index is 2.25. The summed E-state index contributed by atoms with van der Waals surface area (Å²) in [7, 11) is 0. The van der Waals surface area contributed by atoms with Gasteiger partial charge in [-0.25, -0.2) is 4.79 Å².